The molecular weight excluding hydrogens is 296 g/mol. The van der Waals surface area contributed by atoms with Crippen molar-refractivity contribution in [2.45, 2.75) is 6.92 Å². The maximum atomic E-state index is 11.8. The molecule has 0 aromatic heterocycles. The van der Waals surface area contributed by atoms with E-state index in [4.69, 9.17) is 9.84 Å². The molecule has 1 aliphatic rings. The Hall–Kier alpha value is -1.80. The van der Waals surface area contributed by atoms with Crippen molar-refractivity contribution in [3.05, 3.63) is 23.8 Å². The molecule has 0 amide bonds. The molecular formula is C13H18N2O5S. The zero-order chi connectivity index (χ0) is 15.5. The number of nitrogens with one attached hydrogen (secondary N) is 1. The minimum absolute atomic E-state index is 0.0424. The number of rotatable bonds is 5. The molecule has 1 heterocycles. The Labute approximate surface area is 123 Å². The second-order valence-electron chi connectivity index (χ2n) is 4.64. The highest BCUT2D eigenvalue weighted by atomic mass is 32.2. The van der Waals surface area contributed by atoms with Gasteiger partial charge >= 0.3 is 5.97 Å². The Balaban J connectivity index is 2.40. The molecule has 0 atom stereocenters. The van der Waals surface area contributed by atoms with E-state index in [9.17, 15) is 13.2 Å². The van der Waals surface area contributed by atoms with E-state index >= 15 is 0 Å². The fourth-order valence-electron chi connectivity index (χ4n) is 2.07. The largest absolute Gasteiger partial charge is 0.478 e. The number of benzene rings is 1. The molecule has 0 radical (unpaired) electrons. The average Bonchev–Trinajstić information content (AvgIpc) is 2.47. The van der Waals surface area contributed by atoms with Gasteiger partial charge in [-0.3, -0.25) is 4.72 Å². The van der Waals surface area contributed by atoms with E-state index in [1.807, 2.05) is 4.90 Å². The minimum Gasteiger partial charge on any atom is -0.478 e. The molecule has 8 heteroatoms. The minimum atomic E-state index is -3.48. The number of carboxylic acid groups (broad SMARTS) is 1. The highest BCUT2D eigenvalue weighted by Crippen LogP contribution is 2.29. The number of hydrogen-bond donors (Lipinski definition) is 2. The number of carbonyl (C=O) groups is 1. The van der Waals surface area contributed by atoms with Crippen molar-refractivity contribution in [1.29, 1.82) is 0 Å². The van der Waals surface area contributed by atoms with E-state index in [0.717, 1.165) is 0 Å². The number of nitrogens with zero attached hydrogens (tertiary/aromatic N) is 1. The van der Waals surface area contributed by atoms with Gasteiger partial charge in [0.05, 0.1) is 35.9 Å². The zero-order valence-electron chi connectivity index (χ0n) is 11.7. The number of carboxylic acids is 1. The van der Waals surface area contributed by atoms with Gasteiger partial charge < -0.3 is 14.7 Å². The SMILES string of the molecule is CCS(=O)(=O)Nc1cc(C(=O)O)ccc1N1CCOCC1. The number of ether oxygens (including phenoxy) is 1. The van der Waals surface area contributed by atoms with Crippen molar-refractivity contribution in [2.24, 2.45) is 0 Å². The molecule has 1 fully saturated rings. The van der Waals surface area contributed by atoms with Crippen LogP contribution in [0.4, 0.5) is 11.4 Å². The van der Waals surface area contributed by atoms with Gasteiger partial charge in [0, 0.05) is 13.1 Å². The number of hydrogen-bond acceptors (Lipinski definition) is 5. The van der Waals surface area contributed by atoms with Gasteiger partial charge in [0.1, 0.15) is 0 Å². The first-order valence-corrected chi connectivity index (χ1v) is 8.28. The lowest BCUT2D eigenvalue weighted by Crippen LogP contribution is -2.36. The zero-order valence-corrected chi connectivity index (χ0v) is 12.5. The summed E-state index contributed by atoms with van der Waals surface area (Å²) in [4.78, 5) is 13.0. The number of aromatic carboxylic acids is 1. The summed E-state index contributed by atoms with van der Waals surface area (Å²) in [5.74, 6) is -1.17. The Morgan fingerprint density at radius 2 is 2.05 bits per heavy atom. The van der Waals surface area contributed by atoms with Crippen LogP contribution in [0.25, 0.3) is 0 Å². The third-order valence-electron chi connectivity index (χ3n) is 3.24. The summed E-state index contributed by atoms with van der Waals surface area (Å²) in [6.07, 6.45) is 0. The van der Waals surface area contributed by atoms with Crippen LogP contribution in [-0.4, -0.2) is 51.5 Å². The normalized spacial score (nSPS) is 15.8. The van der Waals surface area contributed by atoms with E-state index < -0.39 is 16.0 Å². The standard InChI is InChI=1S/C13H18N2O5S/c1-2-21(18,19)14-11-9-10(13(16)17)3-4-12(11)15-5-7-20-8-6-15/h3-4,9,14H,2,5-8H2,1H3,(H,16,17). The number of morpholine rings is 1. The molecule has 0 spiro atoms. The van der Waals surface area contributed by atoms with Crippen LogP contribution in [0.3, 0.4) is 0 Å². The second-order valence-corrected chi connectivity index (χ2v) is 6.65. The smallest absolute Gasteiger partial charge is 0.335 e. The maximum Gasteiger partial charge on any atom is 0.335 e. The number of anilines is 2. The van der Waals surface area contributed by atoms with Gasteiger partial charge in [0.15, 0.2) is 0 Å². The van der Waals surface area contributed by atoms with Gasteiger partial charge in [-0.15, -0.1) is 0 Å². The lowest BCUT2D eigenvalue weighted by atomic mass is 10.1. The van der Waals surface area contributed by atoms with Gasteiger partial charge in [-0.1, -0.05) is 0 Å². The van der Waals surface area contributed by atoms with Crippen molar-refractivity contribution < 1.29 is 23.1 Å². The molecule has 116 valence electrons. The van der Waals surface area contributed by atoms with Gasteiger partial charge in [0.25, 0.3) is 0 Å². The van der Waals surface area contributed by atoms with Gasteiger partial charge in [0.2, 0.25) is 10.0 Å². The van der Waals surface area contributed by atoms with Crippen LogP contribution in [0, 0.1) is 0 Å². The van der Waals surface area contributed by atoms with Crippen LogP contribution in [0.2, 0.25) is 0 Å². The third-order valence-corrected chi connectivity index (χ3v) is 4.53. The predicted octanol–water partition coefficient (Wildman–Crippen LogP) is 0.983. The summed E-state index contributed by atoms with van der Waals surface area (Å²) < 4.78 is 31.3. The van der Waals surface area contributed by atoms with Crippen LogP contribution < -0.4 is 9.62 Å². The first kappa shape index (κ1) is 15.6. The Morgan fingerprint density at radius 3 is 2.62 bits per heavy atom. The highest BCUT2D eigenvalue weighted by Gasteiger charge is 2.19. The quantitative estimate of drug-likeness (QED) is 0.841. The van der Waals surface area contributed by atoms with E-state index in [2.05, 4.69) is 4.72 Å². The van der Waals surface area contributed by atoms with Gasteiger partial charge in [-0.25, -0.2) is 13.2 Å². The van der Waals surface area contributed by atoms with Crippen molar-refractivity contribution >= 4 is 27.4 Å². The average molecular weight is 314 g/mol. The summed E-state index contributed by atoms with van der Waals surface area (Å²) >= 11 is 0. The van der Waals surface area contributed by atoms with Crippen LogP contribution in [-0.2, 0) is 14.8 Å². The van der Waals surface area contributed by atoms with Crippen LogP contribution >= 0.6 is 0 Å². The lowest BCUT2D eigenvalue weighted by molar-refractivity contribution is 0.0697. The van der Waals surface area contributed by atoms with Crippen LogP contribution in [0.5, 0.6) is 0 Å². The van der Waals surface area contributed by atoms with E-state index in [-0.39, 0.29) is 11.3 Å². The summed E-state index contributed by atoms with van der Waals surface area (Å²) in [5, 5.41) is 9.06. The molecule has 0 saturated carbocycles. The van der Waals surface area contributed by atoms with Gasteiger partial charge in [-0.2, -0.15) is 0 Å². The van der Waals surface area contributed by atoms with Crippen LogP contribution in [0.1, 0.15) is 17.3 Å². The molecule has 21 heavy (non-hydrogen) atoms. The molecule has 1 aromatic rings. The van der Waals surface area contributed by atoms with Crippen LogP contribution in [0.15, 0.2) is 18.2 Å². The van der Waals surface area contributed by atoms with Crippen molar-refractivity contribution in [1.82, 2.24) is 0 Å². The van der Waals surface area contributed by atoms with E-state index in [1.165, 1.54) is 19.1 Å². The van der Waals surface area contributed by atoms with E-state index in [1.54, 1.807) is 6.07 Å². The van der Waals surface area contributed by atoms with Crippen molar-refractivity contribution in [3.8, 4) is 0 Å². The molecule has 7 nitrogen and oxygen atoms in total. The first-order chi connectivity index (χ1) is 9.93. The Bertz CT molecular complexity index is 623. The molecule has 1 saturated heterocycles. The number of sulfonamides is 1. The molecule has 1 aliphatic heterocycles. The molecule has 2 rings (SSSR count). The van der Waals surface area contributed by atoms with Crippen molar-refractivity contribution in [3.63, 3.8) is 0 Å². The summed E-state index contributed by atoms with van der Waals surface area (Å²) in [7, 11) is -3.48. The van der Waals surface area contributed by atoms with E-state index in [0.29, 0.717) is 37.7 Å². The lowest BCUT2D eigenvalue weighted by Gasteiger charge is -2.30. The second kappa shape index (κ2) is 6.31. The topological polar surface area (TPSA) is 95.9 Å². The fourth-order valence-corrected chi connectivity index (χ4v) is 2.71. The molecule has 1 aromatic carbocycles. The summed E-state index contributed by atoms with van der Waals surface area (Å²) in [5.41, 5.74) is 1.000. The fraction of sp³-hybridized carbons (Fsp3) is 0.462. The Kier molecular flexibility index (Phi) is 4.69. The summed E-state index contributed by atoms with van der Waals surface area (Å²) in [6, 6.07) is 4.44. The monoisotopic (exact) mass is 314 g/mol. The first-order valence-electron chi connectivity index (χ1n) is 6.63. The molecule has 0 bridgehead atoms. The Morgan fingerprint density at radius 1 is 1.38 bits per heavy atom. The highest BCUT2D eigenvalue weighted by molar-refractivity contribution is 7.92. The predicted molar refractivity (Wildman–Crippen MR) is 79.5 cm³/mol. The van der Waals surface area contributed by atoms with Gasteiger partial charge in [-0.05, 0) is 25.1 Å². The molecule has 0 unspecified atom stereocenters. The molecule has 0 aliphatic carbocycles. The van der Waals surface area contributed by atoms with Crippen molar-refractivity contribution in [2.75, 3.05) is 41.7 Å². The molecule has 2 N–H and O–H groups in total. The third kappa shape index (κ3) is 3.85. The summed E-state index contributed by atoms with van der Waals surface area (Å²) in [6.45, 7) is 3.90. The maximum absolute atomic E-state index is 11.8.